The minimum absolute atomic E-state index is 0.0519. The fraction of sp³-hybridized carbons (Fsp3) is 0.200. The molecule has 0 radical (unpaired) electrons. The molecule has 5 nitrogen and oxygen atoms in total. The van der Waals surface area contributed by atoms with E-state index in [-0.39, 0.29) is 19.0 Å². The highest BCUT2D eigenvalue weighted by Crippen LogP contribution is 2.22. The topological polar surface area (TPSA) is 81.4 Å². The molecule has 0 spiro atoms. The van der Waals surface area contributed by atoms with Gasteiger partial charge in [0, 0.05) is 4.88 Å². The van der Waals surface area contributed by atoms with Crippen molar-refractivity contribution in [2.75, 3.05) is 0 Å². The van der Waals surface area contributed by atoms with Crippen LogP contribution in [-0.4, -0.2) is 12.0 Å². The Morgan fingerprint density at radius 1 is 1.19 bits per heavy atom. The lowest BCUT2D eigenvalue weighted by Gasteiger charge is -2.15. The summed E-state index contributed by atoms with van der Waals surface area (Å²) in [5.41, 5.74) is 6.06. The molecule has 110 valence electrons. The molecule has 0 aliphatic rings. The van der Waals surface area contributed by atoms with Crippen molar-refractivity contribution in [2.45, 2.75) is 19.1 Å². The fourth-order valence-electron chi connectivity index (χ4n) is 1.85. The Morgan fingerprint density at radius 2 is 1.95 bits per heavy atom. The zero-order valence-electron chi connectivity index (χ0n) is 11.3. The van der Waals surface area contributed by atoms with Gasteiger partial charge in [0.25, 0.3) is 0 Å². The van der Waals surface area contributed by atoms with Crippen LogP contribution in [0.2, 0.25) is 0 Å². The number of nitrogens with two attached hydrogens (primary N) is 1. The second-order valence-corrected chi connectivity index (χ2v) is 5.41. The molecule has 1 atom stereocenters. The molecule has 0 saturated carbocycles. The third-order valence-corrected chi connectivity index (χ3v) is 3.80. The van der Waals surface area contributed by atoms with E-state index in [0.717, 1.165) is 10.4 Å². The van der Waals surface area contributed by atoms with Gasteiger partial charge in [-0.2, -0.15) is 0 Å². The van der Waals surface area contributed by atoms with E-state index >= 15 is 0 Å². The first-order valence-electron chi connectivity index (χ1n) is 6.44. The van der Waals surface area contributed by atoms with E-state index in [0.29, 0.717) is 0 Å². The minimum atomic E-state index is -0.663. The van der Waals surface area contributed by atoms with Crippen molar-refractivity contribution in [3.05, 3.63) is 58.3 Å². The zero-order valence-corrected chi connectivity index (χ0v) is 12.1. The number of carbonyl (C=O) groups excluding carboxylic acids is 2. The van der Waals surface area contributed by atoms with Gasteiger partial charge in [-0.05, 0) is 17.0 Å². The molecule has 0 bridgehead atoms. The van der Waals surface area contributed by atoms with Crippen molar-refractivity contribution in [2.24, 2.45) is 5.73 Å². The number of esters is 1. The van der Waals surface area contributed by atoms with Gasteiger partial charge < -0.3 is 15.8 Å². The van der Waals surface area contributed by atoms with Crippen molar-refractivity contribution in [1.29, 1.82) is 0 Å². The molecule has 21 heavy (non-hydrogen) atoms. The quantitative estimate of drug-likeness (QED) is 0.805. The summed E-state index contributed by atoms with van der Waals surface area (Å²) >= 11 is 1.45. The molecule has 2 amide bonds. The van der Waals surface area contributed by atoms with Gasteiger partial charge in [0.2, 0.25) is 0 Å². The van der Waals surface area contributed by atoms with Crippen molar-refractivity contribution in [3.8, 4) is 0 Å². The average Bonchev–Trinajstić information content (AvgIpc) is 2.99. The van der Waals surface area contributed by atoms with Gasteiger partial charge in [-0.15, -0.1) is 11.3 Å². The number of primary amides is 1. The highest BCUT2D eigenvalue weighted by molar-refractivity contribution is 7.10. The standard InChI is InChI=1S/C15H16N2O3S/c16-15(19)17-12(13-7-4-8-21-13)9-14(18)20-10-11-5-2-1-3-6-11/h1-8,12H,9-10H2,(H3,16,17,19)/t12-/m0/s1. The van der Waals surface area contributed by atoms with Gasteiger partial charge in [0.1, 0.15) is 6.61 Å². The van der Waals surface area contributed by atoms with Crippen molar-refractivity contribution < 1.29 is 14.3 Å². The Bertz CT molecular complexity index is 584. The molecule has 0 saturated heterocycles. The number of ether oxygens (including phenoxy) is 1. The van der Waals surface area contributed by atoms with E-state index in [1.807, 2.05) is 47.8 Å². The molecule has 3 N–H and O–H groups in total. The van der Waals surface area contributed by atoms with Crippen LogP contribution in [0.25, 0.3) is 0 Å². The number of nitrogens with one attached hydrogen (secondary N) is 1. The summed E-state index contributed by atoms with van der Waals surface area (Å²) in [7, 11) is 0. The van der Waals surface area contributed by atoms with Gasteiger partial charge in [-0.25, -0.2) is 4.79 Å². The van der Waals surface area contributed by atoms with E-state index in [1.54, 1.807) is 0 Å². The second kappa shape index (κ2) is 7.44. The number of amides is 2. The smallest absolute Gasteiger partial charge is 0.312 e. The van der Waals surface area contributed by atoms with E-state index in [1.165, 1.54) is 11.3 Å². The van der Waals surface area contributed by atoms with Crippen LogP contribution in [0.3, 0.4) is 0 Å². The number of benzene rings is 1. The zero-order chi connectivity index (χ0) is 15.1. The highest BCUT2D eigenvalue weighted by atomic mass is 32.1. The minimum Gasteiger partial charge on any atom is -0.461 e. The Kier molecular flexibility index (Phi) is 5.34. The first kappa shape index (κ1) is 15.1. The van der Waals surface area contributed by atoms with Crippen LogP contribution < -0.4 is 11.1 Å². The van der Waals surface area contributed by atoms with E-state index < -0.39 is 12.1 Å². The first-order chi connectivity index (χ1) is 10.1. The Morgan fingerprint density at radius 3 is 2.57 bits per heavy atom. The summed E-state index contributed by atoms with van der Waals surface area (Å²) in [6.07, 6.45) is 0.0519. The highest BCUT2D eigenvalue weighted by Gasteiger charge is 2.19. The molecule has 0 aliphatic heterocycles. The maximum Gasteiger partial charge on any atom is 0.312 e. The molecule has 1 aromatic carbocycles. The molecule has 1 heterocycles. The first-order valence-corrected chi connectivity index (χ1v) is 7.32. The number of hydrogen-bond acceptors (Lipinski definition) is 4. The van der Waals surface area contributed by atoms with E-state index in [2.05, 4.69) is 5.32 Å². The third kappa shape index (κ3) is 4.92. The molecular weight excluding hydrogens is 288 g/mol. The van der Waals surface area contributed by atoms with Crippen LogP contribution in [0.4, 0.5) is 4.79 Å². The van der Waals surface area contributed by atoms with Gasteiger partial charge in [-0.1, -0.05) is 36.4 Å². The molecule has 6 heteroatoms. The Hall–Kier alpha value is -2.34. The summed E-state index contributed by atoms with van der Waals surface area (Å²) in [4.78, 5) is 23.8. The van der Waals surface area contributed by atoms with Crippen LogP contribution in [0, 0.1) is 0 Å². The number of rotatable bonds is 6. The predicted molar refractivity (Wildman–Crippen MR) is 80.6 cm³/mol. The van der Waals surface area contributed by atoms with Crippen molar-refractivity contribution in [3.63, 3.8) is 0 Å². The summed E-state index contributed by atoms with van der Waals surface area (Å²) in [5, 5.41) is 4.44. The lowest BCUT2D eigenvalue weighted by molar-refractivity contribution is -0.145. The SMILES string of the molecule is NC(=O)N[C@@H](CC(=O)OCc1ccccc1)c1cccs1. The number of thiophene rings is 1. The van der Waals surface area contributed by atoms with Crippen molar-refractivity contribution in [1.82, 2.24) is 5.32 Å². The van der Waals surface area contributed by atoms with Gasteiger partial charge in [0.05, 0.1) is 12.5 Å². The van der Waals surface area contributed by atoms with Gasteiger partial charge in [0.15, 0.2) is 0 Å². The Labute approximate surface area is 126 Å². The number of hydrogen-bond donors (Lipinski definition) is 2. The van der Waals surface area contributed by atoms with Crippen molar-refractivity contribution >= 4 is 23.3 Å². The monoisotopic (exact) mass is 304 g/mol. The van der Waals surface area contributed by atoms with Gasteiger partial charge in [-0.3, -0.25) is 4.79 Å². The summed E-state index contributed by atoms with van der Waals surface area (Å²) in [6, 6.07) is 12.0. The molecule has 1 aromatic heterocycles. The predicted octanol–water partition coefficient (Wildman–Crippen LogP) is 2.59. The molecule has 2 rings (SSSR count). The maximum atomic E-state index is 11.9. The number of urea groups is 1. The lowest BCUT2D eigenvalue weighted by Crippen LogP contribution is -2.34. The van der Waals surface area contributed by atoms with Crippen LogP contribution in [-0.2, 0) is 16.1 Å². The molecule has 0 unspecified atom stereocenters. The van der Waals surface area contributed by atoms with Crippen LogP contribution in [0.1, 0.15) is 22.9 Å². The molecule has 0 fully saturated rings. The van der Waals surface area contributed by atoms with Crippen LogP contribution in [0.5, 0.6) is 0 Å². The van der Waals surface area contributed by atoms with Gasteiger partial charge >= 0.3 is 12.0 Å². The summed E-state index contributed by atoms with van der Waals surface area (Å²) in [6.45, 7) is 0.216. The maximum absolute atomic E-state index is 11.9. The van der Waals surface area contributed by atoms with Crippen LogP contribution in [0.15, 0.2) is 47.8 Å². The van der Waals surface area contributed by atoms with Crippen LogP contribution >= 0.6 is 11.3 Å². The molecule has 2 aromatic rings. The largest absolute Gasteiger partial charge is 0.461 e. The lowest BCUT2D eigenvalue weighted by atomic mass is 10.1. The number of carbonyl (C=O) groups is 2. The summed E-state index contributed by atoms with van der Waals surface area (Å²) < 4.78 is 5.21. The second-order valence-electron chi connectivity index (χ2n) is 4.43. The van der Waals surface area contributed by atoms with E-state index in [9.17, 15) is 9.59 Å². The third-order valence-electron chi connectivity index (χ3n) is 2.82. The fourth-order valence-corrected chi connectivity index (χ4v) is 2.63. The average molecular weight is 304 g/mol. The Balaban J connectivity index is 1.90. The normalized spacial score (nSPS) is 11.6. The molecule has 0 aliphatic carbocycles. The molecular formula is C15H16N2O3S. The summed E-state index contributed by atoms with van der Waals surface area (Å²) in [5.74, 6) is -0.383. The van der Waals surface area contributed by atoms with E-state index in [4.69, 9.17) is 10.5 Å².